The molecule has 1 amide bonds. The Kier molecular flexibility index (Phi) is 5.28. The van der Waals surface area contributed by atoms with Gasteiger partial charge in [0.05, 0.1) is 6.10 Å². The fourth-order valence-electron chi connectivity index (χ4n) is 4.98. The molecule has 6 heteroatoms. The van der Waals surface area contributed by atoms with E-state index >= 15 is 0 Å². The summed E-state index contributed by atoms with van der Waals surface area (Å²) in [5.74, 6) is 1.30. The Labute approximate surface area is 151 Å². The highest BCUT2D eigenvalue weighted by Crippen LogP contribution is 2.60. The van der Waals surface area contributed by atoms with Crippen LogP contribution in [-0.4, -0.2) is 49.2 Å². The lowest BCUT2D eigenvalue weighted by Crippen LogP contribution is -2.69. The summed E-state index contributed by atoms with van der Waals surface area (Å²) in [6.45, 7) is 9.83. The summed E-state index contributed by atoms with van der Waals surface area (Å²) < 4.78 is 6.05. The average Bonchev–Trinajstić information content (AvgIpc) is 3.16. The molecule has 3 rings (SSSR count). The minimum atomic E-state index is -0.228. The molecule has 3 aliphatic rings. The predicted octanol–water partition coefficient (Wildman–Crippen LogP) is 1.80. The molecule has 6 nitrogen and oxygen atoms in total. The second kappa shape index (κ2) is 7.14. The van der Waals surface area contributed by atoms with E-state index in [9.17, 15) is 4.79 Å². The zero-order chi connectivity index (χ0) is 18.1. The summed E-state index contributed by atoms with van der Waals surface area (Å²) in [4.78, 5) is 16.6. The average molecular weight is 351 g/mol. The third kappa shape index (κ3) is 3.78. The Balaban J connectivity index is 1.65. The minimum Gasteiger partial charge on any atom is -0.377 e. The van der Waals surface area contributed by atoms with Crippen molar-refractivity contribution in [2.75, 3.05) is 19.7 Å². The summed E-state index contributed by atoms with van der Waals surface area (Å²) in [5, 5.41) is 9.92. The molecular formula is C19H34N4O2. The molecule has 142 valence electrons. The summed E-state index contributed by atoms with van der Waals surface area (Å²) in [6.07, 6.45) is 6.65. The van der Waals surface area contributed by atoms with E-state index in [1.807, 2.05) is 20.8 Å². The predicted molar refractivity (Wildman–Crippen MR) is 99.5 cm³/mol. The van der Waals surface area contributed by atoms with Crippen molar-refractivity contribution >= 4 is 11.9 Å². The Morgan fingerprint density at radius 3 is 2.64 bits per heavy atom. The fourth-order valence-corrected chi connectivity index (χ4v) is 4.98. The van der Waals surface area contributed by atoms with Gasteiger partial charge in [0.25, 0.3) is 0 Å². The first kappa shape index (κ1) is 18.5. The standard InChI is InChI=1S/C19H34N4O2/c1-5-20-17(21-12-14(24)23-18(2,3)4)22-15-13-8-11-25-16(13)19(15)9-6-7-10-19/h13,15-16H,5-12H2,1-4H3,(H,23,24)(H2,20,21,22). The van der Waals surface area contributed by atoms with Crippen molar-refractivity contribution < 1.29 is 9.53 Å². The van der Waals surface area contributed by atoms with Gasteiger partial charge < -0.3 is 20.7 Å². The number of aliphatic imine (C=N–C) groups is 1. The quantitative estimate of drug-likeness (QED) is 0.534. The van der Waals surface area contributed by atoms with Gasteiger partial charge in [-0.05, 0) is 47.0 Å². The van der Waals surface area contributed by atoms with E-state index in [1.54, 1.807) is 0 Å². The second-order valence-corrected chi connectivity index (χ2v) is 8.80. The van der Waals surface area contributed by atoms with Crippen LogP contribution < -0.4 is 16.0 Å². The van der Waals surface area contributed by atoms with E-state index < -0.39 is 0 Å². The maximum absolute atomic E-state index is 12.1. The van der Waals surface area contributed by atoms with Gasteiger partial charge in [-0.1, -0.05) is 12.8 Å². The van der Waals surface area contributed by atoms with Gasteiger partial charge >= 0.3 is 0 Å². The lowest BCUT2D eigenvalue weighted by atomic mass is 9.54. The monoisotopic (exact) mass is 350 g/mol. The molecule has 25 heavy (non-hydrogen) atoms. The maximum atomic E-state index is 12.1. The molecule has 1 saturated heterocycles. The molecule has 3 atom stereocenters. The Morgan fingerprint density at radius 2 is 2.00 bits per heavy atom. The molecule has 2 aliphatic carbocycles. The van der Waals surface area contributed by atoms with E-state index in [-0.39, 0.29) is 23.4 Å². The number of carbonyl (C=O) groups is 1. The SMILES string of the molecule is CCNC(=NCC(=O)NC(C)(C)C)NC1C2CCOC2C12CCCC2. The number of amides is 1. The van der Waals surface area contributed by atoms with E-state index in [0.717, 1.165) is 25.5 Å². The molecule has 0 bridgehead atoms. The third-order valence-corrected chi connectivity index (χ3v) is 5.82. The van der Waals surface area contributed by atoms with Gasteiger partial charge in [0.2, 0.25) is 5.91 Å². The highest BCUT2D eigenvalue weighted by molar-refractivity contribution is 5.85. The Hall–Kier alpha value is -1.30. The molecule has 0 aromatic heterocycles. The lowest BCUT2D eigenvalue weighted by Gasteiger charge is -2.57. The van der Waals surface area contributed by atoms with Gasteiger partial charge in [-0.3, -0.25) is 4.79 Å². The van der Waals surface area contributed by atoms with Gasteiger partial charge in [-0.15, -0.1) is 0 Å². The number of hydrogen-bond donors (Lipinski definition) is 3. The molecule has 1 aliphatic heterocycles. The Morgan fingerprint density at radius 1 is 1.28 bits per heavy atom. The molecule has 3 N–H and O–H groups in total. The van der Waals surface area contributed by atoms with Crippen molar-refractivity contribution in [2.24, 2.45) is 16.3 Å². The van der Waals surface area contributed by atoms with Crippen LogP contribution in [0.1, 0.15) is 59.8 Å². The van der Waals surface area contributed by atoms with Crippen LogP contribution in [0.4, 0.5) is 0 Å². The van der Waals surface area contributed by atoms with E-state index in [2.05, 4.69) is 27.9 Å². The van der Waals surface area contributed by atoms with Crippen LogP contribution >= 0.6 is 0 Å². The van der Waals surface area contributed by atoms with Crippen molar-refractivity contribution in [3.63, 3.8) is 0 Å². The van der Waals surface area contributed by atoms with E-state index in [1.165, 1.54) is 25.7 Å². The minimum absolute atomic E-state index is 0.0454. The number of fused-ring (bicyclic) bond motifs is 2. The number of nitrogens with zero attached hydrogens (tertiary/aromatic N) is 1. The van der Waals surface area contributed by atoms with Crippen molar-refractivity contribution in [1.82, 2.24) is 16.0 Å². The molecular weight excluding hydrogens is 316 g/mol. The van der Waals surface area contributed by atoms with Crippen LogP contribution in [0.15, 0.2) is 4.99 Å². The first-order chi connectivity index (χ1) is 11.9. The van der Waals surface area contributed by atoms with Gasteiger partial charge in [0, 0.05) is 36.1 Å². The topological polar surface area (TPSA) is 74.8 Å². The number of rotatable bonds is 4. The third-order valence-electron chi connectivity index (χ3n) is 5.82. The van der Waals surface area contributed by atoms with Gasteiger partial charge in [-0.25, -0.2) is 4.99 Å². The first-order valence-corrected chi connectivity index (χ1v) is 9.83. The van der Waals surface area contributed by atoms with E-state index in [4.69, 9.17) is 4.74 Å². The number of ether oxygens (including phenoxy) is 1. The van der Waals surface area contributed by atoms with Gasteiger partial charge in [-0.2, -0.15) is 0 Å². The second-order valence-electron chi connectivity index (χ2n) is 8.80. The molecule has 3 unspecified atom stereocenters. The molecule has 1 heterocycles. The number of hydrogen-bond acceptors (Lipinski definition) is 3. The molecule has 0 aromatic carbocycles. The van der Waals surface area contributed by atoms with Crippen molar-refractivity contribution in [2.45, 2.75) is 77.5 Å². The molecule has 3 fully saturated rings. The molecule has 2 saturated carbocycles. The number of carbonyl (C=O) groups excluding carboxylic acids is 1. The largest absolute Gasteiger partial charge is 0.377 e. The smallest absolute Gasteiger partial charge is 0.242 e. The molecule has 0 aromatic rings. The Bertz CT molecular complexity index is 520. The zero-order valence-electron chi connectivity index (χ0n) is 16.2. The van der Waals surface area contributed by atoms with Crippen LogP contribution in [0.3, 0.4) is 0 Å². The summed E-state index contributed by atoms with van der Waals surface area (Å²) in [7, 11) is 0. The van der Waals surface area contributed by atoms with Crippen LogP contribution in [-0.2, 0) is 9.53 Å². The summed E-state index contributed by atoms with van der Waals surface area (Å²) in [6, 6.07) is 0.422. The van der Waals surface area contributed by atoms with Gasteiger partial charge in [0.1, 0.15) is 6.54 Å². The molecule has 1 spiro atoms. The van der Waals surface area contributed by atoms with Gasteiger partial charge in [0.15, 0.2) is 5.96 Å². The maximum Gasteiger partial charge on any atom is 0.242 e. The van der Waals surface area contributed by atoms with Crippen molar-refractivity contribution in [1.29, 1.82) is 0 Å². The fraction of sp³-hybridized carbons (Fsp3) is 0.895. The zero-order valence-corrected chi connectivity index (χ0v) is 16.2. The number of guanidine groups is 1. The van der Waals surface area contributed by atoms with Crippen LogP contribution in [0.2, 0.25) is 0 Å². The van der Waals surface area contributed by atoms with Crippen LogP contribution in [0.25, 0.3) is 0 Å². The first-order valence-electron chi connectivity index (χ1n) is 9.83. The highest BCUT2D eigenvalue weighted by Gasteiger charge is 2.65. The lowest BCUT2D eigenvalue weighted by molar-refractivity contribution is -0.125. The van der Waals surface area contributed by atoms with Crippen molar-refractivity contribution in [3.8, 4) is 0 Å². The molecule has 0 radical (unpaired) electrons. The summed E-state index contributed by atoms with van der Waals surface area (Å²) >= 11 is 0. The number of nitrogens with one attached hydrogen (secondary N) is 3. The highest BCUT2D eigenvalue weighted by atomic mass is 16.5. The van der Waals surface area contributed by atoms with Crippen molar-refractivity contribution in [3.05, 3.63) is 0 Å². The normalized spacial score (nSPS) is 30.7. The van der Waals surface area contributed by atoms with Crippen LogP contribution in [0, 0.1) is 11.3 Å². The van der Waals surface area contributed by atoms with Crippen LogP contribution in [0.5, 0.6) is 0 Å². The summed E-state index contributed by atoms with van der Waals surface area (Å²) in [5.41, 5.74) is 0.0553. The van der Waals surface area contributed by atoms with E-state index in [0.29, 0.717) is 18.1 Å².